The Morgan fingerprint density at radius 3 is 1.96 bits per heavy atom. The van der Waals surface area contributed by atoms with Gasteiger partial charge in [0.05, 0.1) is 16.8 Å². The standard InChI is InChI=1S/C22H25N3/c1-15(10-16-8-6-5-7-9-16)20(22(2,3)4)17-11-18(13-23)21(25)19(12-17)14-24/h5-9,11-12,15,20H,10,25H2,1-4H3. The van der Waals surface area contributed by atoms with Crippen molar-refractivity contribution in [1.29, 1.82) is 10.5 Å². The molecule has 25 heavy (non-hydrogen) atoms. The quantitative estimate of drug-likeness (QED) is 0.799. The third kappa shape index (κ3) is 4.20. The number of anilines is 1. The van der Waals surface area contributed by atoms with Gasteiger partial charge in [-0.15, -0.1) is 0 Å². The molecule has 2 aromatic rings. The van der Waals surface area contributed by atoms with Crippen LogP contribution in [0.2, 0.25) is 0 Å². The van der Waals surface area contributed by atoms with Crippen molar-refractivity contribution in [3.05, 3.63) is 64.7 Å². The third-order valence-electron chi connectivity index (χ3n) is 4.70. The molecular weight excluding hydrogens is 306 g/mol. The fourth-order valence-corrected chi connectivity index (χ4v) is 3.83. The summed E-state index contributed by atoms with van der Waals surface area (Å²) < 4.78 is 0. The predicted octanol–water partition coefficient (Wildman–Crippen LogP) is 5.02. The van der Waals surface area contributed by atoms with Crippen LogP contribution in [-0.2, 0) is 6.42 Å². The van der Waals surface area contributed by atoms with Crippen LogP contribution in [0.25, 0.3) is 0 Å². The number of hydrogen-bond acceptors (Lipinski definition) is 3. The molecule has 0 saturated carbocycles. The average molecular weight is 331 g/mol. The lowest BCUT2D eigenvalue weighted by atomic mass is 9.68. The van der Waals surface area contributed by atoms with E-state index in [1.54, 1.807) is 0 Å². The highest BCUT2D eigenvalue weighted by Gasteiger charge is 2.32. The lowest BCUT2D eigenvalue weighted by molar-refractivity contribution is 0.245. The van der Waals surface area contributed by atoms with Crippen LogP contribution in [-0.4, -0.2) is 0 Å². The Hall–Kier alpha value is -2.78. The molecule has 128 valence electrons. The molecule has 0 fully saturated rings. The van der Waals surface area contributed by atoms with E-state index in [-0.39, 0.29) is 17.0 Å². The molecule has 3 heteroatoms. The Balaban J connectivity index is 2.49. The van der Waals surface area contributed by atoms with E-state index in [1.807, 2.05) is 18.2 Å². The smallest absolute Gasteiger partial charge is 0.101 e. The molecule has 0 spiro atoms. The summed E-state index contributed by atoms with van der Waals surface area (Å²) in [5.41, 5.74) is 9.28. The topological polar surface area (TPSA) is 73.6 Å². The Labute approximate surface area is 150 Å². The molecule has 0 saturated heterocycles. The minimum Gasteiger partial charge on any atom is -0.397 e. The molecule has 2 rings (SSSR count). The van der Waals surface area contributed by atoms with Gasteiger partial charge in [-0.3, -0.25) is 0 Å². The predicted molar refractivity (Wildman–Crippen MR) is 102 cm³/mol. The fraction of sp³-hybridized carbons (Fsp3) is 0.364. The minimum absolute atomic E-state index is 0.0102. The van der Waals surface area contributed by atoms with Crippen molar-refractivity contribution >= 4 is 5.69 Å². The number of benzene rings is 2. The molecule has 3 nitrogen and oxygen atoms in total. The van der Waals surface area contributed by atoms with Crippen LogP contribution >= 0.6 is 0 Å². The number of hydrogen-bond donors (Lipinski definition) is 1. The maximum atomic E-state index is 9.38. The van der Waals surface area contributed by atoms with Gasteiger partial charge in [0.1, 0.15) is 12.1 Å². The van der Waals surface area contributed by atoms with Crippen molar-refractivity contribution in [3.63, 3.8) is 0 Å². The van der Waals surface area contributed by atoms with Crippen LogP contribution in [0, 0.1) is 34.0 Å². The fourth-order valence-electron chi connectivity index (χ4n) is 3.83. The Morgan fingerprint density at radius 1 is 1.00 bits per heavy atom. The van der Waals surface area contributed by atoms with E-state index in [4.69, 9.17) is 5.73 Å². The molecule has 0 amide bonds. The number of nitrogens with zero attached hydrogens (tertiary/aromatic N) is 2. The van der Waals surface area contributed by atoms with Crippen molar-refractivity contribution < 1.29 is 0 Å². The molecular formula is C22H25N3. The van der Waals surface area contributed by atoms with E-state index in [0.29, 0.717) is 17.0 Å². The van der Waals surface area contributed by atoms with Crippen molar-refractivity contribution in [1.82, 2.24) is 0 Å². The second-order valence-electron chi connectivity index (χ2n) is 7.76. The van der Waals surface area contributed by atoms with Crippen molar-refractivity contribution in [2.24, 2.45) is 11.3 Å². The number of nitriles is 2. The number of rotatable bonds is 4. The highest BCUT2D eigenvalue weighted by Crippen LogP contribution is 2.43. The number of nitrogen functional groups attached to an aromatic ring is 1. The first-order valence-corrected chi connectivity index (χ1v) is 8.55. The van der Waals surface area contributed by atoms with E-state index in [2.05, 4.69) is 64.1 Å². The minimum atomic E-state index is -0.0102. The summed E-state index contributed by atoms with van der Waals surface area (Å²) >= 11 is 0. The first kappa shape index (κ1) is 18.6. The summed E-state index contributed by atoms with van der Waals surface area (Å²) in [5.74, 6) is 0.552. The highest BCUT2D eigenvalue weighted by atomic mass is 14.6. The first-order chi connectivity index (χ1) is 11.8. The van der Waals surface area contributed by atoms with Crippen LogP contribution in [0.3, 0.4) is 0 Å². The molecule has 0 heterocycles. The van der Waals surface area contributed by atoms with Gasteiger partial charge in [-0.1, -0.05) is 58.0 Å². The van der Waals surface area contributed by atoms with E-state index < -0.39 is 0 Å². The van der Waals surface area contributed by atoms with E-state index in [1.165, 1.54) is 5.56 Å². The van der Waals surface area contributed by atoms with Gasteiger partial charge in [-0.2, -0.15) is 10.5 Å². The summed E-state index contributed by atoms with van der Waals surface area (Å²) in [6, 6.07) is 18.4. The highest BCUT2D eigenvalue weighted by molar-refractivity contribution is 5.65. The van der Waals surface area contributed by atoms with Gasteiger partial charge in [-0.25, -0.2) is 0 Å². The molecule has 0 aromatic heterocycles. The van der Waals surface area contributed by atoms with Gasteiger partial charge in [0, 0.05) is 0 Å². The van der Waals surface area contributed by atoms with Gasteiger partial charge in [0.15, 0.2) is 0 Å². The molecule has 0 aliphatic rings. The van der Waals surface area contributed by atoms with E-state index in [0.717, 1.165) is 12.0 Å². The van der Waals surface area contributed by atoms with Crippen molar-refractivity contribution in [3.8, 4) is 12.1 Å². The van der Waals surface area contributed by atoms with Gasteiger partial charge >= 0.3 is 0 Å². The largest absolute Gasteiger partial charge is 0.397 e. The zero-order valence-corrected chi connectivity index (χ0v) is 15.4. The maximum absolute atomic E-state index is 9.38. The summed E-state index contributed by atoms with van der Waals surface area (Å²) in [6.45, 7) is 8.84. The van der Waals surface area contributed by atoms with Gasteiger partial charge in [-0.05, 0) is 46.9 Å². The molecule has 2 aromatic carbocycles. The summed E-state index contributed by atoms with van der Waals surface area (Å²) in [6.07, 6.45) is 0.941. The summed E-state index contributed by atoms with van der Waals surface area (Å²) in [5, 5.41) is 18.8. The summed E-state index contributed by atoms with van der Waals surface area (Å²) in [4.78, 5) is 0. The number of nitrogens with two attached hydrogens (primary N) is 1. The third-order valence-corrected chi connectivity index (χ3v) is 4.70. The zero-order chi connectivity index (χ0) is 18.6. The van der Waals surface area contributed by atoms with Crippen LogP contribution in [0.15, 0.2) is 42.5 Å². The van der Waals surface area contributed by atoms with Crippen LogP contribution in [0.4, 0.5) is 5.69 Å². The lowest BCUT2D eigenvalue weighted by Crippen LogP contribution is -2.26. The molecule has 0 aliphatic carbocycles. The second-order valence-corrected chi connectivity index (χ2v) is 7.76. The summed E-state index contributed by atoms with van der Waals surface area (Å²) in [7, 11) is 0. The molecule has 0 aliphatic heterocycles. The Kier molecular flexibility index (Phi) is 5.50. The lowest BCUT2D eigenvalue weighted by Gasteiger charge is -2.36. The van der Waals surface area contributed by atoms with E-state index in [9.17, 15) is 10.5 Å². The molecule has 0 radical (unpaired) electrons. The average Bonchev–Trinajstić information content (AvgIpc) is 2.55. The molecule has 2 N–H and O–H groups in total. The maximum Gasteiger partial charge on any atom is 0.101 e. The van der Waals surface area contributed by atoms with Crippen molar-refractivity contribution in [2.45, 2.75) is 40.0 Å². The Morgan fingerprint density at radius 2 is 1.52 bits per heavy atom. The molecule has 2 unspecified atom stereocenters. The van der Waals surface area contributed by atoms with Crippen LogP contribution in [0.5, 0.6) is 0 Å². The second kappa shape index (κ2) is 7.41. The molecule has 0 bridgehead atoms. The van der Waals surface area contributed by atoms with E-state index >= 15 is 0 Å². The molecule has 2 atom stereocenters. The van der Waals surface area contributed by atoms with Gasteiger partial charge < -0.3 is 5.73 Å². The Bertz CT molecular complexity index is 782. The van der Waals surface area contributed by atoms with Crippen molar-refractivity contribution in [2.75, 3.05) is 5.73 Å². The van der Waals surface area contributed by atoms with Gasteiger partial charge in [0.2, 0.25) is 0 Å². The van der Waals surface area contributed by atoms with Crippen LogP contribution < -0.4 is 5.73 Å². The van der Waals surface area contributed by atoms with Crippen LogP contribution in [0.1, 0.15) is 55.9 Å². The SMILES string of the molecule is CC(Cc1ccccc1)C(c1cc(C#N)c(N)c(C#N)c1)C(C)(C)C. The van der Waals surface area contributed by atoms with Gasteiger partial charge in [0.25, 0.3) is 0 Å². The monoisotopic (exact) mass is 331 g/mol. The zero-order valence-electron chi connectivity index (χ0n) is 15.4. The first-order valence-electron chi connectivity index (χ1n) is 8.55. The normalized spacial score (nSPS) is 13.5.